The van der Waals surface area contributed by atoms with Crippen molar-refractivity contribution in [3.8, 4) is 28.7 Å². The number of methoxy groups -OCH3 is 1. The Hall–Kier alpha value is -2.56. The van der Waals surface area contributed by atoms with Gasteiger partial charge in [0, 0.05) is 18.1 Å². The van der Waals surface area contributed by atoms with Crippen LogP contribution in [0.3, 0.4) is 0 Å². The van der Waals surface area contributed by atoms with Crippen LogP contribution in [0.2, 0.25) is 0 Å². The molecule has 0 aliphatic carbocycles. The van der Waals surface area contributed by atoms with Crippen molar-refractivity contribution >= 4 is 0 Å². The Morgan fingerprint density at radius 3 is 2.29 bits per heavy atom. The normalized spacial score (nSPS) is 14.3. The van der Waals surface area contributed by atoms with Crippen molar-refractivity contribution in [1.82, 2.24) is 0 Å². The predicted molar refractivity (Wildman–Crippen MR) is 74.5 cm³/mol. The zero-order valence-corrected chi connectivity index (χ0v) is 11.5. The summed E-state index contributed by atoms with van der Waals surface area (Å²) in [5, 5.41) is 0. The van der Waals surface area contributed by atoms with Crippen LogP contribution in [0, 0.1) is 0 Å². The van der Waals surface area contributed by atoms with Crippen LogP contribution >= 0.6 is 0 Å². The lowest BCUT2D eigenvalue weighted by molar-refractivity contribution is 0.173. The van der Waals surface area contributed by atoms with E-state index < -0.39 is 0 Å². The predicted octanol–water partition coefficient (Wildman–Crippen LogP) is 2.74. The zero-order chi connectivity index (χ0) is 14.2. The highest BCUT2D eigenvalue weighted by atomic mass is 16.7. The molecule has 0 aromatic heterocycles. The summed E-state index contributed by atoms with van der Waals surface area (Å²) in [6.07, 6.45) is 0.719. The topological polar surface area (TPSA) is 46.2 Å². The quantitative estimate of drug-likeness (QED) is 0.868. The number of benzene rings is 2. The van der Waals surface area contributed by atoms with Crippen molar-refractivity contribution in [3.05, 3.63) is 41.5 Å². The Kier molecular flexibility index (Phi) is 2.77. The van der Waals surface area contributed by atoms with Crippen LogP contribution in [0.1, 0.15) is 11.1 Å². The number of fused-ring (bicyclic) bond motifs is 2. The van der Waals surface area contributed by atoms with Gasteiger partial charge in [0.2, 0.25) is 13.6 Å². The molecule has 0 spiro atoms. The van der Waals surface area contributed by atoms with Gasteiger partial charge in [-0.15, -0.1) is 0 Å². The van der Waals surface area contributed by atoms with Crippen LogP contribution < -0.4 is 23.7 Å². The molecule has 0 unspecified atom stereocenters. The lowest BCUT2D eigenvalue weighted by atomic mass is 10.0. The second kappa shape index (κ2) is 4.77. The summed E-state index contributed by atoms with van der Waals surface area (Å²) in [4.78, 5) is 0. The first-order chi connectivity index (χ1) is 10.3. The molecule has 2 aromatic rings. The third-order valence-electron chi connectivity index (χ3n) is 3.61. The van der Waals surface area contributed by atoms with Crippen molar-refractivity contribution in [1.29, 1.82) is 0 Å². The summed E-state index contributed by atoms with van der Waals surface area (Å²) >= 11 is 0. The second-order valence-electron chi connectivity index (χ2n) is 4.88. The first-order valence-electron chi connectivity index (χ1n) is 6.68. The van der Waals surface area contributed by atoms with Crippen LogP contribution in [-0.4, -0.2) is 20.7 Å². The van der Waals surface area contributed by atoms with Gasteiger partial charge < -0.3 is 23.7 Å². The standard InChI is InChI=1S/C16H14O5/c1-17-13-7-16-15(20-9-21-16)6-11(13)4-10-2-3-12-14(5-10)19-8-18-12/h2-3,5-7H,4,8-9H2,1H3. The van der Waals surface area contributed by atoms with Crippen molar-refractivity contribution in [3.63, 3.8) is 0 Å². The van der Waals surface area contributed by atoms with E-state index in [4.69, 9.17) is 23.7 Å². The molecule has 108 valence electrons. The summed E-state index contributed by atoms with van der Waals surface area (Å²) in [5.74, 6) is 3.84. The van der Waals surface area contributed by atoms with E-state index in [-0.39, 0.29) is 13.6 Å². The van der Waals surface area contributed by atoms with Gasteiger partial charge in [0.15, 0.2) is 23.0 Å². The average Bonchev–Trinajstić information content (AvgIpc) is 3.13. The van der Waals surface area contributed by atoms with Gasteiger partial charge in [-0.25, -0.2) is 0 Å². The van der Waals surface area contributed by atoms with E-state index >= 15 is 0 Å². The van der Waals surface area contributed by atoms with Gasteiger partial charge in [-0.2, -0.15) is 0 Å². The van der Waals surface area contributed by atoms with Crippen molar-refractivity contribution < 1.29 is 23.7 Å². The van der Waals surface area contributed by atoms with Crippen molar-refractivity contribution in [2.45, 2.75) is 6.42 Å². The smallest absolute Gasteiger partial charge is 0.231 e. The van der Waals surface area contributed by atoms with Gasteiger partial charge in [0.05, 0.1) is 7.11 Å². The average molecular weight is 286 g/mol. The van der Waals surface area contributed by atoms with E-state index in [9.17, 15) is 0 Å². The lowest BCUT2D eigenvalue weighted by Crippen LogP contribution is -1.95. The third-order valence-corrected chi connectivity index (χ3v) is 3.61. The molecular formula is C16H14O5. The first-order valence-corrected chi connectivity index (χ1v) is 6.68. The molecule has 4 rings (SSSR count). The minimum Gasteiger partial charge on any atom is -0.496 e. The number of hydrogen-bond donors (Lipinski definition) is 0. The monoisotopic (exact) mass is 286 g/mol. The summed E-state index contributed by atoms with van der Waals surface area (Å²) in [7, 11) is 1.65. The SMILES string of the molecule is COc1cc2c(cc1Cc1ccc3c(c1)OCO3)OCO2. The van der Waals surface area contributed by atoms with Gasteiger partial charge in [0.25, 0.3) is 0 Å². The van der Waals surface area contributed by atoms with Gasteiger partial charge in [-0.3, -0.25) is 0 Å². The Balaban J connectivity index is 1.67. The van der Waals surface area contributed by atoms with Crippen LogP contribution in [0.4, 0.5) is 0 Å². The summed E-state index contributed by atoms with van der Waals surface area (Å²) in [5.41, 5.74) is 2.16. The second-order valence-corrected chi connectivity index (χ2v) is 4.88. The van der Waals surface area contributed by atoms with Crippen molar-refractivity contribution in [2.24, 2.45) is 0 Å². The van der Waals surface area contributed by atoms with Gasteiger partial charge in [-0.05, 0) is 23.8 Å². The van der Waals surface area contributed by atoms with Crippen LogP contribution in [0.25, 0.3) is 0 Å². The van der Waals surface area contributed by atoms with Crippen LogP contribution in [-0.2, 0) is 6.42 Å². The minimum atomic E-state index is 0.256. The molecule has 2 aromatic carbocycles. The largest absolute Gasteiger partial charge is 0.496 e. The van der Waals surface area contributed by atoms with Crippen molar-refractivity contribution in [2.75, 3.05) is 20.7 Å². The molecule has 2 aliphatic rings. The summed E-state index contributed by atoms with van der Waals surface area (Å²) < 4.78 is 27.0. The van der Waals surface area contributed by atoms with Crippen LogP contribution in [0.5, 0.6) is 28.7 Å². The fourth-order valence-electron chi connectivity index (χ4n) is 2.56. The minimum absolute atomic E-state index is 0.256. The summed E-state index contributed by atoms with van der Waals surface area (Å²) in [6.45, 7) is 0.540. The molecule has 2 aliphatic heterocycles. The maximum Gasteiger partial charge on any atom is 0.231 e. The van der Waals surface area contributed by atoms with E-state index in [0.29, 0.717) is 0 Å². The number of hydrogen-bond acceptors (Lipinski definition) is 5. The molecule has 0 amide bonds. The molecule has 0 radical (unpaired) electrons. The molecule has 2 heterocycles. The molecule has 5 nitrogen and oxygen atoms in total. The van der Waals surface area contributed by atoms with Gasteiger partial charge in [0.1, 0.15) is 5.75 Å². The fourth-order valence-corrected chi connectivity index (χ4v) is 2.56. The van der Waals surface area contributed by atoms with Gasteiger partial charge in [-0.1, -0.05) is 6.07 Å². The van der Waals surface area contributed by atoms with E-state index in [2.05, 4.69) is 0 Å². The number of ether oxygens (including phenoxy) is 5. The molecule has 0 atom stereocenters. The molecule has 0 saturated carbocycles. The maximum atomic E-state index is 5.44. The Morgan fingerprint density at radius 1 is 0.857 bits per heavy atom. The van der Waals surface area contributed by atoms with E-state index in [1.54, 1.807) is 7.11 Å². The van der Waals surface area contributed by atoms with E-state index in [1.165, 1.54) is 0 Å². The zero-order valence-electron chi connectivity index (χ0n) is 11.5. The molecule has 0 saturated heterocycles. The Labute approximate surface area is 122 Å². The molecular weight excluding hydrogens is 272 g/mol. The van der Waals surface area contributed by atoms with E-state index in [0.717, 1.165) is 46.3 Å². The first kappa shape index (κ1) is 12.2. The highest BCUT2D eigenvalue weighted by molar-refractivity contribution is 5.54. The highest BCUT2D eigenvalue weighted by Gasteiger charge is 2.19. The third kappa shape index (κ3) is 2.11. The summed E-state index contributed by atoms with van der Waals surface area (Å²) in [6, 6.07) is 9.78. The lowest BCUT2D eigenvalue weighted by Gasteiger charge is -2.10. The Morgan fingerprint density at radius 2 is 1.52 bits per heavy atom. The molecule has 5 heteroatoms. The van der Waals surface area contributed by atoms with Gasteiger partial charge >= 0.3 is 0 Å². The molecule has 0 bridgehead atoms. The molecule has 0 fully saturated rings. The Bertz CT molecular complexity index is 695. The molecule has 21 heavy (non-hydrogen) atoms. The number of rotatable bonds is 3. The maximum absolute atomic E-state index is 5.44. The molecule has 0 N–H and O–H groups in total. The fraction of sp³-hybridized carbons (Fsp3) is 0.250. The van der Waals surface area contributed by atoms with Crippen LogP contribution in [0.15, 0.2) is 30.3 Å². The highest BCUT2D eigenvalue weighted by Crippen LogP contribution is 2.39. The van der Waals surface area contributed by atoms with E-state index in [1.807, 2.05) is 30.3 Å².